The molecule has 120 valence electrons. The summed E-state index contributed by atoms with van der Waals surface area (Å²) in [6, 6.07) is 7.78. The summed E-state index contributed by atoms with van der Waals surface area (Å²) in [7, 11) is 4.43. The fraction of sp³-hybridized carbons (Fsp3) is 0.529. The summed E-state index contributed by atoms with van der Waals surface area (Å²) in [5.41, 5.74) is 1.10. The maximum absolute atomic E-state index is 12.3. The normalized spacial score (nSPS) is 18.5. The first-order valence-electron chi connectivity index (χ1n) is 7.78. The Morgan fingerprint density at radius 3 is 2.05 bits per heavy atom. The van der Waals surface area contributed by atoms with Crippen molar-refractivity contribution in [3.05, 3.63) is 35.4 Å². The molecule has 2 aliphatic rings. The molecule has 1 fully saturated rings. The number of imide groups is 1. The topological polar surface area (TPSA) is 37.4 Å². The molecule has 3 rings (SSSR count). The SMILES string of the molecule is C[N+](C)(CCN1C(=O)c2ccccc2C1=O)C1CCCC1.[Cl-]. The third kappa shape index (κ3) is 2.90. The van der Waals surface area contributed by atoms with Gasteiger partial charge in [-0.1, -0.05) is 12.1 Å². The van der Waals surface area contributed by atoms with Crippen molar-refractivity contribution in [3.63, 3.8) is 0 Å². The molecule has 1 aromatic rings. The van der Waals surface area contributed by atoms with E-state index in [4.69, 9.17) is 0 Å². The van der Waals surface area contributed by atoms with Gasteiger partial charge in [0.05, 0.1) is 44.4 Å². The second-order valence-electron chi connectivity index (χ2n) is 6.75. The molecule has 1 heterocycles. The summed E-state index contributed by atoms with van der Waals surface area (Å²) in [5, 5.41) is 0. The smallest absolute Gasteiger partial charge is 0.261 e. The van der Waals surface area contributed by atoms with Gasteiger partial charge in [0.1, 0.15) is 0 Å². The molecular weight excluding hydrogens is 300 g/mol. The quantitative estimate of drug-likeness (QED) is 0.543. The van der Waals surface area contributed by atoms with Crippen molar-refractivity contribution in [1.82, 2.24) is 4.90 Å². The number of rotatable bonds is 4. The van der Waals surface area contributed by atoms with Crippen molar-refractivity contribution in [2.45, 2.75) is 31.7 Å². The second-order valence-corrected chi connectivity index (χ2v) is 6.75. The number of carbonyl (C=O) groups is 2. The van der Waals surface area contributed by atoms with Gasteiger partial charge < -0.3 is 16.9 Å². The molecule has 0 radical (unpaired) electrons. The van der Waals surface area contributed by atoms with E-state index in [1.54, 1.807) is 12.1 Å². The largest absolute Gasteiger partial charge is 1.00 e. The summed E-state index contributed by atoms with van der Waals surface area (Å²) in [4.78, 5) is 26.1. The second kappa shape index (κ2) is 6.39. The molecule has 0 unspecified atom stereocenters. The van der Waals surface area contributed by atoms with Gasteiger partial charge in [-0.2, -0.15) is 0 Å². The molecule has 0 aromatic heterocycles. The zero-order chi connectivity index (χ0) is 15.0. The van der Waals surface area contributed by atoms with Crippen LogP contribution in [0.1, 0.15) is 46.4 Å². The van der Waals surface area contributed by atoms with E-state index < -0.39 is 0 Å². The minimum absolute atomic E-state index is 0. The van der Waals surface area contributed by atoms with Gasteiger partial charge in [0.25, 0.3) is 11.8 Å². The van der Waals surface area contributed by atoms with E-state index in [1.807, 2.05) is 12.1 Å². The van der Waals surface area contributed by atoms with Crippen molar-refractivity contribution in [1.29, 1.82) is 0 Å². The Labute approximate surface area is 138 Å². The van der Waals surface area contributed by atoms with Crippen LogP contribution in [0.15, 0.2) is 24.3 Å². The van der Waals surface area contributed by atoms with Gasteiger partial charge in [0.2, 0.25) is 0 Å². The molecule has 5 heteroatoms. The van der Waals surface area contributed by atoms with Crippen LogP contribution in [0.2, 0.25) is 0 Å². The fourth-order valence-electron chi connectivity index (χ4n) is 3.59. The van der Waals surface area contributed by atoms with Crippen LogP contribution in [-0.2, 0) is 0 Å². The first-order chi connectivity index (χ1) is 10.0. The average Bonchev–Trinajstić information content (AvgIpc) is 3.08. The first-order valence-corrected chi connectivity index (χ1v) is 7.78. The summed E-state index contributed by atoms with van der Waals surface area (Å²) < 4.78 is 0.896. The average molecular weight is 323 g/mol. The molecule has 4 nitrogen and oxygen atoms in total. The lowest BCUT2D eigenvalue weighted by Crippen LogP contribution is -3.00. The van der Waals surface area contributed by atoms with Crippen molar-refractivity contribution in [2.24, 2.45) is 0 Å². The van der Waals surface area contributed by atoms with Crippen LogP contribution in [0.3, 0.4) is 0 Å². The molecule has 0 saturated heterocycles. The molecule has 0 N–H and O–H groups in total. The number of likely N-dealkylation sites (N-methyl/N-ethyl adjacent to an activating group) is 1. The van der Waals surface area contributed by atoms with Crippen LogP contribution in [-0.4, -0.2) is 54.4 Å². The van der Waals surface area contributed by atoms with Crippen molar-refractivity contribution < 1.29 is 26.5 Å². The highest BCUT2D eigenvalue weighted by Gasteiger charge is 2.37. The van der Waals surface area contributed by atoms with E-state index in [9.17, 15) is 9.59 Å². The fourth-order valence-corrected chi connectivity index (χ4v) is 3.59. The first kappa shape index (κ1) is 17.0. The Bertz CT molecular complexity index is 545. The van der Waals surface area contributed by atoms with E-state index in [-0.39, 0.29) is 24.2 Å². The summed E-state index contributed by atoms with van der Waals surface area (Å²) in [6.45, 7) is 1.34. The van der Waals surface area contributed by atoms with Gasteiger partial charge in [-0.3, -0.25) is 14.5 Å². The molecule has 1 aliphatic carbocycles. The Balaban J connectivity index is 0.00000176. The van der Waals surface area contributed by atoms with Crippen LogP contribution < -0.4 is 12.4 Å². The Morgan fingerprint density at radius 2 is 1.55 bits per heavy atom. The monoisotopic (exact) mass is 322 g/mol. The maximum Gasteiger partial charge on any atom is 0.261 e. The van der Waals surface area contributed by atoms with E-state index in [0.29, 0.717) is 23.7 Å². The zero-order valence-corrected chi connectivity index (χ0v) is 14.0. The van der Waals surface area contributed by atoms with E-state index in [1.165, 1.54) is 30.6 Å². The van der Waals surface area contributed by atoms with Gasteiger partial charge in [0.15, 0.2) is 0 Å². The molecule has 0 atom stereocenters. The molecular formula is C17H23ClN2O2. The number of benzene rings is 1. The highest BCUT2D eigenvalue weighted by atomic mass is 35.5. The molecule has 1 aliphatic heterocycles. The van der Waals surface area contributed by atoms with Gasteiger partial charge in [-0.05, 0) is 37.8 Å². The number of hydrogen-bond acceptors (Lipinski definition) is 2. The van der Waals surface area contributed by atoms with E-state index in [0.717, 1.165) is 11.0 Å². The highest BCUT2D eigenvalue weighted by Crippen LogP contribution is 2.27. The standard InChI is InChI=1S/C17H23N2O2.ClH/c1-19(2,13-7-3-4-8-13)12-11-18-16(20)14-9-5-6-10-15(14)17(18)21;/h5-6,9-10,13H,3-4,7-8,11-12H2,1-2H3;1H/q+1;/p-1. The van der Waals surface area contributed by atoms with E-state index in [2.05, 4.69) is 14.1 Å². The zero-order valence-electron chi connectivity index (χ0n) is 13.2. The number of hydrogen-bond donors (Lipinski definition) is 0. The summed E-state index contributed by atoms with van der Waals surface area (Å²) in [5.74, 6) is -0.274. The summed E-state index contributed by atoms with van der Waals surface area (Å²) in [6.07, 6.45) is 5.13. The van der Waals surface area contributed by atoms with Gasteiger partial charge in [-0.25, -0.2) is 0 Å². The van der Waals surface area contributed by atoms with Crippen molar-refractivity contribution in [3.8, 4) is 0 Å². The number of halogens is 1. The molecule has 0 bridgehead atoms. The van der Waals surface area contributed by atoms with Crippen LogP contribution in [0.25, 0.3) is 0 Å². The summed E-state index contributed by atoms with van der Waals surface area (Å²) >= 11 is 0. The predicted octanol–water partition coefficient (Wildman–Crippen LogP) is -0.694. The molecule has 0 spiro atoms. The van der Waals surface area contributed by atoms with Crippen LogP contribution >= 0.6 is 0 Å². The molecule has 22 heavy (non-hydrogen) atoms. The Morgan fingerprint density at radius 1 is 1.05 bits per heavy atom. The highest BCUT2D eigenvalue weighted by molar-refractivity contribution is 6.21. The number of amides is 2. The number of nitrogens with zero attached hydrogens (tertiary/aromatic N) is 2. The lowest BCUT2D eigenvalue weighted by atomic mass is 10.1. The van der Waals surface area contributed by atoms with E-state index >= 15 is 0 Å². The Hall–Kier alpha value is -1.39. The third-order valence-electron chi connectivity index (χ3n) is 5.09. The molecule has 2 amide bonds. The lowest BCUT2D eigenvalue weighted by molar-refractivity contribution is -0.913. The third-order valence-corrected chi connectivity index (χ3v) is 5.09. The Kier molecular flexibility index (Phi) is 4.93. The molecule has 1 aromatic carbocycles. The van der Waals surface area contributed by atoms with Crippen molar-refractivity contribution in [2.75, 3.05) is 27.2 Å². The number of carbonyl (C=O) groups excluding carboxylic acids is 2. The van der Waals surface area contributed by atoms with Crippen LogP contribution in [0.4, 0.5) is 0 Å². The molecule has 1 saturated carbocycles. The maximum atomic E-state index is 12.3. The minimum Gasteiger partial charge on any atom is -1.00 e. The number of fused-ring (bicyclic) bond motifs is 1. The van der Waals surface area contributed by atoms with Gasteiger partial charge in [0, 0.05) is 0 Å². The minimum atomic E-state index is -0.137. The van der Waals surface area contributed by atoms with Crippen LogP contribution in [0, 0.1) is 0 Å². The van der Waals surface area contributed by atoms with Crippen molar-refractivity contribution >= 4 is 11.8 Å². The number of quaternary nitrogens is 1. The van der Waals surface area contributed by atoms with Gasteiger partial charge >= 0.3 is 0 Å². The van der Waals surface area contributed by atoms with Crippen LogP contribution in [0.5, 0.6) is 0 Å². The lowest BCUT2D eigenvalue weighted by Gasteiger charge is -2.37. The predicted molar refractivity (Wildman–Crippen MR) is 81.0 cm³/mol. The van der Waals surface area contributed by atoms with Gasteiger partial charge in [-0.15, -0.1) is 0 Å².